The van der Waals surface area contributed by atoms with Crippen LogP contribution >= 0.6 is 24.0 Å². The summed E-state index contributed by atoms with van der Waals surface area (Å²) < 4.78 is 0. The monoisotopic (exact) mass is 427 g/mol. The fraction of sp³-hybridized carbons (Fsp3) is 0.412. The summed E-state index contributed by atoms with van der Waals surface area (Å²) in [5.41, 5.74) is 7.97. The molecule has 126 valence electrons. The van der Waals surface area contributed by atoms with Gasteiger partial charge in [-0.15, -0.1) is 24.0 Å². The average molecular weight is 427 g/mol. The third-order valence-electron chi connectivity index (χ3n) is 3.45. The summed E-state index contributed by atoms with van der Waals surface area (Å²) in [6.07, 6.45) is 6.70. The Morgan fingerprint density at radius 1 is 1.22 bits per heavy atom. The molecule has 1 heterocycles. The predicted octanol–water partition coefficient (Wildman–Crippen LogP) is 3.68. The van der Waals surface area contributed by atoms with Crippen LogP contribution in [0.25, 0.3) is 11.3 Å². The molecule has 0 amide bonds. The molecule has 0 saturated carbocycles. The number of halogens is 1. The number of aliphatic imine (C=N–C) groups is 1. The Balaban J connectivity index is 0.00000264. The van der Waals surface area contributed by atoms with Gasteiger partial charge in [-0.2, -0.15) is 0 Å². The highest BCUT2D eigenvalue weighted by molar-refractivity contribution is 14.0. The van der Waals surface area contributed by atoms with E-state index < -0.39 is 0 Å². The van der Waals surface area contributed by atoms with Crippen LogP contribution in [0.1, 0.15) is 38.4 Å². The number of nitrogens with one attached hydrogen (secondary N) is 2. The van der Waals surface area contributed by atoms with E-state index in [4.69, 9.17) is 5.73 Å². The molecule has 6 heteroatoms. The quantitative estimate of drug-likeness (QED) is 0.260. The van der Waals surface area contributed by atoms with E-state index in [0.717, 1.165) is 30.0 Å². The number of aromatic amines is 1. The molecule has 0 atom stereocenters. The van der Waals surface area contributed by atoms with Gasteiger partial charge < -0.3 is 16.0 Å². The number of nitrogens with zero attached hydrogens (tertiary/aromatic N) is 2. The number of H-pyrrole nitrogens is 1. The fourth-order valence-corrected chi connectivity index (χ4v) is 2.19. The Hall–Kier alpha value is -1.57. The highest BCUT2D eigenvalue weighted by atomic mass is 127. The smallest absolute Gasteiger partial charge is 0.189 e. The maximum atomic E-state index is 5.85. The molecular formula is C17H26IN5. The van der Waals surface area contributed by atoms with Crippen LogP contribution < -0.4 is 11.1 Å². The van der Waals surface area contributed by atoms with E-state index in [1.165, 1.54) is 19.3 Å². The minimum Gasteiger partial charge on any atom is -0.370 e. The second kappa shape index (κ2) is 11.0. The van der Waals surface area contributed by atoms with Gasteiger partial charge in [0.2, 0.25) is 0 Å². The highest BCUT2D eigenvalue weighted by Gasteiger charge is 2.02. The maximum Gasteiger partial charge on any atom is 0.189 e. The molecule has 5 nitrogen and oxygen atoms in total. The molecule has 1 aromatic heterocycles. The number of guanidine groups is 1. The molecular weight excluding hydrogens is 401 g/mol. The topological polar surface area (TPSA) is 79.1 Å². The van der Waals surface area contributed by atoms with Crippen molar-refractivity contribution < 1.29 is 0 Å². The summed E-state index contributed by atoms with van der Waals surface area (Å²) in [6, 6.07) is 10.1. The average Bonchev–Trinajstić information content (AvgIpc) is 3.02. The maximum absolute atomic E-state index is 5.85. The summed E-state index contributed by atoms with van der Waals surface area (Å²) >= 11 is 0. The number of imidazole rings is 1. The minimum absolute atomic E-state index is 0. The first kappa shape index (κ1) is 19.5. The van der Waals surface area contributed by atoms with Crippen molar-refractivity contribution in [1.82, 2.24) is 15.3 Å². The number of hydrogen-bond donors (Lipinski definition) is 3. The Morgan fingerprint density at radius 3 is 2.74 bits per heavy atom. The molecule has 0 unspecified atom stereocenters. The van der Waals surface area contributed by atoms with E-state index in [1.807, 2.05) is 36.5 Å². The number of rotatable bonds is 8. The van der Waals surface area contributed by atoms with Crippen molar-refractivity contribution in [2.24, 2.45) is 10.7 Å². The molecule has 0 bridgehead atoms. The molecule has 2 aromatic rings. The zero-order valence-electron chi connectivity index (χ0n) is 13.6. The SMILES string of the molecule is CCCCCCNC(N)=NCc1ncc(-c2ccccc2)[nH]1.I. The van der Waals surface area contributed by atoms with Crippen LogP contribution in [0.2, 0.25) is 0 Å². The molecule has 1 aromatic carbocycles. The van der Waals surface area contributed by atoms with Gasteiger partial charge >= 0.3 is 0 Å². The lowest BCUT2D eigenvalue weighted by Gasteiger charge is -2.04. The lowest BCUT2D eigenvalue weighted by atomic mass is 10.2. The molecule has 23 heavy (non-hydrogen) atoms. The van der Waals surface area contributed by atoms with Crippen LogP contribution in [0, 0.1) is 0 Å². The van der Waals surface area contributed by atoms with Crippen molar-refractivity contribution in [3.8, 4) is 11.3 Å². The predicted molar refractivity (Wildman–Crippen MR) is 107 cm³/mol. The summed E-state index contributed by atoms with van der Waals surface area (Å²) in [4.78, 5) is 11.9. The number of aromatic nitrogens is 2. The van der Waals surface area contributed by atoms with E-state index in [-0.39, 0.29) is 24.0 Å². The van der Waals surface area contributed by atoms with Gasteiger partial charge in [-0.3, -0.25) is 0 Å². The van der Waals surface area contributed by atoms with Gasteiger partial charge in [-0.1, -0.05) is 56.5 Å². The molecule has 0 aliphatic rings. The van der Waals surface area contributed by atoms with Crippen molar-refractivity contribution >= 4 is 29.9 Å². The zero-order valence-corrected chi connectivity index (χ0v) is 15.9. The van der Waals surface area contributed by atoms with Crippen molar-refractivity contribution in [2.45, 2.75) is 39.2 Å². The van der Waals surface area contributed by atoms with Crippen molar-refractivity contribution in [1.29, 1.82) is 0 Å². The van der Waals surface area contributed by atoms with E-state index in [0.29, 0.717) is 12.5 Å². The number of hydrogen-bond acceptors (Lipinski definition) is 2. The molecule has 4 N–H and O–H groups in total. The van der Waals surface area contributed by atoms with Crippen molar-refractivity contribution in [3.05, 3.63) is 42.4 Å². The van der Waals surface area contributed by atoms with Crippen LogP contribution in [0.3, 0.4) is 0 Å². The van der Waals surface area contributed by atoms with E-state index in [9.17, 15) is 0 Å². The molecule has 0 spiro atoms. The van der Waals surface area contributed by atoms with Gasteiger partial charge in [-0.25, -0.2) is 9.98 Å². The Bertz CT molecular complexity index is 580. The molecule has 0 radical (unpaired) electrons. The largest absolute Gasteiger partial charge is 0.370 e. The Labute approximate surface area is 155 Å². The first-order valence-electron chi connectivity index (χ1n) is 7.92. The highest BCUT2D eigenvalue weighted by Crippen LogP contribution is 2.16. The molecule has 2 rings (SSSR count). The standard InChI is InChI=1S/C17H25N5.HI/c1-2-3-4-8-11-19-17(18)21-13-16-20-12-15(22-16)14-9-6-5-7-10-14;/h5-7,9-10,12H,2-4,8,11,13H2,1H3,(H,20,22)(H3,18,19,21);1H. The summed E-state index contributed by atoms with van der Waals surface area (Å²) in [6.45, 7) is 3.54. The van der Waals surface area contributed by atoms with E-state index in [2.05, 4.69) is 27.2 Å². The van der Waals surface area contributed by atoms with Crippen LogP contribution in [-0.2, 0) is 6.54 Å². The van der Waals surface area contributed by atoms with Crippen LogP contribution in [0.15, 0.2) is 41.5 Å². The van der Waals surface area contributed by atoms with Gasteiger partial charge in [0, 0.05) is 6.54 Å². The molecule has 0 aliphatic carbocycles. The fourth-order valence-electron chi connectivity index (χ4n) is 2.19. The van der Waals surface area contributed by atoms with Gasteiger partial charge in [0.1, 0.15) is 12.4 Å². The van der Waals surface area contributed by atoms with E-state index in [1.54, 1.807) is 0 Å². The molecule has 0 fully saturated rings. The first-order chi connectivity index (χ1) is 10.8. The lowest BCUT2D eigenvalue weighted by Crippen LogP contribution is -2.32. The minimum atomic E-state index is 0. The number of nitrogens with two attached hydrogens (primary N) is 1. The van der Waals surface area contributed by atoms with Gasteiger partial charge in [0.15, 0.2) is 5.96 Å². The molecule has 0 aliphatic heterocycles. The van der Waals surface area contributed by atoms with Gasteiger partial charge in [0.05, 0.1) is 11.9 Å². The lowest BCUT2D eigenvalue weighted by molar-refractivity contribution is 0.652. The van der Waals surface area contributed by atoms with Crippen molar-refractivity contribution in [2.75, 3.05) is 6.54 Å². The van der Waals surface area contributed by atoms with Crippen LogP contribution in [0.5, 0.6) is 0 Å². The Kier molecular flexibility index (Phi) is 9.35. The van der Waals surface area contributed by atoms with Gasteiger partial charge in [-0.05, 0) is 12.0 Å². The van der Waals surface area contributed by atoms with Gasteiger partial charge in [0.25, 0.3) is 0 Å². The van der Waals surface area contributed by atoms with E-state index >= 15 is 0 Å². The summed E-state index contributed by atoms with van der Waals surface area (Å²) in [7, 11) is 0. The summed E-state index contributed by atoms with van der Waals surface area (Å²) in [5, 5.41) is 3.14. The van der Waals surface area contributed by atoms with Crippen LogP contribution in [-0.4, -0.2) is 22.5 Å². The normalized spacial score (nSPS) is 11.1. The zero-order chi connectivity index (χ0) is 15.6. The second-order valence-electron chi connectivity index (χ2n) is 5.30. The Morgan fingerprint density at radius 2 is 2.00 bits per heavy atom. The van der Waals surface area contributed by atoms with Crippen LogP contribution in [0.4, 0.5) is 0 Å². The third-order valence-corrected chi connectivity index (χ3v) is 3.45. The molecule has 0 saturated heterocycles. The third kappa shape index (κ3) is 7.02. The van der Waals surface area contributed by atoms with Crippen molar-refractivity contribution in [3.63, 3.8) is 0 Å². The second-order valence-corrected chi connectivity index (χ2v) is 5.30. The number of benzene rings is 1. The summed E-state index contributed by atoms with van der Waals surface area (Å²) in [5.74, 6) is 1.30. The first-order valence-corrected chi connectivity index (χ1v) is 7.92. The number of unbranched alkanes of at least 4 members (excludes halogenated alkanes) is 3.